The third kappa shape index (κ3) is 6.39. The molecule has 0 aliphatic carbocycles. The lowest BCUT2D eigenvalue weighted by Crippen LogP contribution is -2.38. The monoisotopic (exact) mass is 549 g/mol. The Balaban J connectivity index is 1.53. The van der Waals surface area contributed by atoms with Gasteiger partial charge < -0.3 is 5.32 Å². The van der Waals surface area contributed by atoms with Gasteiger partial charge in [0.2, 0.25) is 5.91 Å². The van der Waals surface area contributed by atoms with E-state index in [1.807, 2.05) is 13.8 Å². The minimum absolute atomic E-state index is 0.0163. The van der Waals surface area contributed by atoms with Crippen LogP contribution in [0, 0.1) is 13.8 Å². The van der Waals surface area contributed by atoms with Crippen molar-refractivity contribution >= 4 is 43.0 Å². The van der Waals surface area contributed by atoms with Gasteiger partial charge in [-0.05, 0) is 74.5 Å². The second kappa shape index (κ2) is 11.1. The summed E-state index contributed by atoms with van der Waals surface area (Å²) < 4.78 is 55.8. The van der Waals surface area contributed by atoms with Gasteiger partial charge in [0.05, 0.1) is 15.5 Å². The van der Waals surface area contributed by atoms with Gasteiger partial charge >= 0.3 is 0 Å². The molecular weight excluding hydrogens is 522 g/mol. The van der Waals surface area contributed by atoms with Crippen LogP contribution in [0.25, 0.3) is 0 Å². The molecule has 0 atom stereocenters. The van der Waals surface area contributed by atoms with Crippen molar-refractivity contribution in [3.8, 4) is 0 Å². The van der Waals surface area contributed by atoms with E-state index in [-0.39, 0.29) is 9.79 Å². The highest BCUT2D eigenvalue weighted by atomic mass is 32.2. The van der Waals surface area contributed by atoms with Crippen LogP contribution in [-0.4, -0.2) is 29.3 Å². The summed E-state index contributed by atoms with van der Waals surface area (Å²) in [6, 6.07) is 27.3. The molecule has 0 heterocycles. The fourth-order valence-corrected chi connectivity index (χ4v) is 6.11. The van der Waals surface area contributed by atoms with Crippen molar-refractivity contribution in [3.05, 3.63) is 114 Å². The molecule has 0 bridgehead atoms. The molecule has 4 rings (SSSR count). The fraction of sp³-hybridized carbons (Fsp3) is 0.107. The fourth-order valence-electron chi connectivity index (χ4n) is 3.63. The van der Waals surface area contributed by atoms with E-state index in [4.69, 9.17) is 0 Å². The van der Waals surface area contributed by atoms with Crippen LogP contribution in [0.1, 0.15) is 11.1 Å². The first kappa shape index (κ1) is 26.9. The van der Waals surface area contributed by atoms with Crippen LogP contribution in [0.5, 0.6) is 0 Å². The van der Waals surface area contributed by atoms with E-state index in [2.05, 4.69) is 10.0 Å². The first-order chi connectivity index (χ1) is 18.0. The lowest BCUT2D eigenvalue weighted by Gasteiger charge is -2.24. The van der Waals surface area contributed by atoms with Gasteiger partial charge in [-0.15, -0.1) is 0 Å². The number of sulfonamides is 2. The van der Waals surface area contributed by atoms with Gasteiger partial charge in [0, 0.05) is 11.4 Å². The van der Waals surface area contributed by atoms with Crippen molar-refractivity contribution in [1.29, 1.82) is 0 Å². The van der Waals surface area contributed by atoms with Crippen molar-refractivity contribution in [3.63, 3.8) is 0 Å². The number of para-hydroxylation sites is 1. The predicted molar refractivity (Wildman–Crippen MR) is 149 cm³/mol. The highest BCUT2D eigenvalue weighted by Crippen LogP contribution is 2.25. The average molecular weight is 550 g/mol. The number of nitrogens with one attached hydrogen (secondary N) is 2. The summed E-state index contributed by atoms with van der Waals surface area (Å²) in [4.78, 5) is 13.1. The van der Waals surface area contributed by atoms with E-state index in [0.717, 1.165) is 15.4 Å². The van der Waals surface area contributed by atoms with Gasteiger partial charge in [0.25, 0.3) is 20.0 Å². The topological polar surface area (TPSA) is 113 Å². The number of carbonyl (C=O) groups is 1. The molecule has 0 aromatic heterocycles. The van der Waals surface area contributed by atoms with Crippen LogP contribution < -0.4 is 14.3 Å². The summed E-state index contributed by atoms with van der Waals surface area (Å²) in [7, 11) is -7.86. The maximum absolute atomic E-state index is 13.5. The minimum Gasteiger partial charge on any atom is -0.325 e. The normalized spacial score (nSPS) is 11.5. The van der Waals surface area contributed by atoms with E-state index in [1.54, 1.807) is 66.7 Å². The summed E-state index contributed by atoms with van der Waals surface area (Å²) in [5, 5.41) is 2.65. The summed E-state index contributed by atoms with van der Waals surface area (Å²) >= 11 is 0. The maximum atomic E-state index is 13.5. The number of nitrogens with zero attached hydrogens (tertiary/aromatic N) is 1. The number of hydrogen-bond donors (Lipinski definition) is 2. The number of benzene rings is 4. The first-order valence-corrected chi connectivity index (χ1v) is 14.6. The zero-order valence-corrected chi connectivity index (χ0v) is 22.5. The quantitative estimate of drug-likeness (QED) is 0.307. The highest BCUT2D eigenvalue weighted by Gasteiger charge is 2.27. The molecule has 0 aliphatic heterocycles. The predicted octanol–water partition coefficient (Wildman–Crippen LogP) is 4.94. The lowest BCUT2D eigenvalue weighted by molar-refractivity contribution is -0.114. The Labute approximate surface area is 223 Å². The standard InChI is InChI=1S/C28H27N3O5S2/c1-21-8-14-25(15-9-21)31(38(35,36)27-16-10-22(2)11-17-27)20-28(32)29-23-12-18-26(19-13-23)37(33,34)30-24-6-4-3-5-7-24/h3-19,30H,20H2,1-2H3,(H,29,32). The minimum atomic E-state index is -4.04. The SMILES string of the molecule is Cc1ccc(N(CC(=O)Nc2ccc(S(=O)(=O)Nc3ccccc3)cc2)S(=O)(=O)c2ccc(C)cc2)cc1. The number of hydrogen-bond acceptors (Lipinski definition) is 5. The molecule has 0 saturated carbocycles. The van der Waals surface area contributed by atoms with Gasteiger partial charge in [-0.25, -0.2) is 16.8 Å². The smallest absolute Gasteiger partial charge is 0.264 e. The Morgan fingerprint density at radius 3 is 1.76 bits per heavy atom. The van der Waals surface area contributed by atoms with E-state index >= 15 is 0 Å². The third-order valence-electron chi connectivity index (χ3n) is 5.69. The zero-order chi connectivity index (χ0) is 27.3. The van der Waals surface area contributed by atoms with Crippen molar-refractivity contribution in [2.75, 3.05) is 20.9 Å². The molecule has 0 fully saturated rings. The number of carbonyl (C=O) groups excluding carboxylic acids is 1. The Bertz CT molecular complexity index is 1620. The largest absolute Gasteiger partial charge is 0.325 e. The van der Waals surface area contributed by atoms with Crippen LogP contribution in [0.4, 0.5) is 17.1 Å². The van der Waals surface area contributed by atoms with Crippen LogP contribution in [0.3, 0.4) is 0 Å². The maximum Gasteiger partial charge on any atom is 0.264 e. The Morgan fingerprint density at radius 2 is 1.18 bits per heavy atom. The Hall–Kier alpha value is -4.15. The van der Waals surface area contributed by atoms with Crippen molar-refractivity contribution in [2.24, 2.45) is 0 Å². The van der Waals surface area contributed by atoms with E-state index in [0.29, 0.717) is 17.1 Å². The third-order valence-corrected chi connectivity index (χ3v) is 8.88. The van der Waals surface area contributed by atoms with Crippen LogP contribution in [0.2, 0.25) is 0 Å². The number of anilines is 3. The Morgan fingerprint density at radius 1 is 0.658 bits per heavy atom. The molecule has 0 spiro atoms. The molecule has 0 saturated heterocycles. The molecule has 0 radical (unpaired) electrons. The molecule has 38 heavy (non-hydrogen) atoms. The van der Waals surface area contributed by atoms with E-state index in [9.17, 15) is 21.6 Å². The van der Waals surface area contributed by atoms with Gasteiger partial charge in [0.1, 0.15) is 6.54 Å². The van der Waals surface area contributed by atoms with Gasteiger partial charge in [-0.2, -0.15) is 0 Å². The van der Waals surface area contributed by atoms with Gasteiger partial charge in [0.15, 0.2) is 0 Å². The second-order valence-corrected chi connectivity index (χ2v) is 12.2. The van der Waals surface area contributed by atoms with Crippen molar-refractivity contribution in [2.45, 2.75) is 23.6 Å². The number of rotatable bonds is 9. The Kier molecular flexibility index (Phi) is 7.84. The summed E-state index contributed by atoms with van der Waals surface area (Å²) in [5.41, 5.74) is 2.96. The second-order valence-electron chi connectivity index (χ2n) is 8.70. The average Bonchev–Trinajstić information content (AvgIpc) is 2.89. The molecule has 0 unspecified atom stereocenters. The number of aryl methyl sites for hydroxylation is 2. The molecule has 0 aliphatic rings. The first-order valence-electron chi connectivity index (χ1n) is 11.7. The van der Waals surface area contributed by atoms with Crippen LogP contribution in [-0.2, 0) is 24.8 Å². The van der Waals surface area contributed by atoms with E-state index < -0.39 is 32.5 Å². The highest BCUT2D eigenvalue weighted by molar-refractivity contribution is 7.93. The molecule has 4 aromatic carbocycles. The lowest BCUT2D eigenvalue weighted by atomic mass is 10.2. The number of amides is 1. The van der Waals surface area contributed by atoms with Gasteiger partial charge in [-0.3, -0.25) is 13.8 Å². The molecule has 1 amide bonds. The molecule has 10 heteroatoms. The van der Waals surface area contributed by atoms with Crippen molar-refractivity contribution < 1.29 is 21.6 Å². The summed E-state index contributed by atoms with van der Waals surface area (Å²) in [6.45, 7) is 3.26. The van der Waals surface area contributed by atoms with Crippen LogP contribution in [0.15, 0.2) is 113 Å². The summed E-state index contributed by atoms with van der Waals surface area (Å²) in [5.74, 6) is -0.584. The molecular formula is C28H27N3O5S2. The van der Waals surface area contributed by atoms with Gasteiger partial charge in [-0.1, -0.05) is 53.6 Å². The summed E-state index contributed by atoms with van der Waals surface area (Å²) in [6.07, 6.45) is 0. The van der Waals surface area contributed by atoms with E-state index in [1.165, 1.54) is 36.4 Å². The zero-order valence-electron chi connectivity index (χ0n) is 20.8. The molecule has 4 aromatic rings. The van der Waals surface area contributed by atoms with Crippen molar-refractivity contribution in [1.82, 2.24) is 0 Å². The van der Waals surface area contributed by atoms with Crippen LogP contribution >= 0.6 is 0 Å². The molecule has 8 nitrogen and oxygen atoms in total. The molecule has 2 N–H and O–H groups in total. The molecule has 196 valence electrons.